The number of carbonyl (C=O) groups excluding carboxylic acids is 1. The van der Waals surface area contributed by atoms with Gasteiger partial charge in [-0.05, 0) is 25.3 Å². The molecular weight excluding hydrogens is 299 g/mol. The van der Waals surface area contributed by atoms with Crippen molar-refractivity contribution >= 4 is 16.0 Å². The van der Waals surface area contributed by atoms with E-state index in [1.54, 1.807) is 4.90 Å². The lowest BCUT2D eigenvalue weighted by Gasteiger charge is -2.30. The number of carbonyl (C=O) groups is 1. The van der Waals surface area contributed by atoms with Gasteiger partial charge in [0.15, 0.2) is 0 Å². The second-order valence-electron chi connectivity index (χ2n) is 4.77. The topological polar surface area (TPSA) is 63.7 Å². The van der Waals surface area contributed by atoms with E-state index in [1.807, 2.05) is 0 Å². The Bertz CT molecular complexity index is 526. The summed E-state index contributed by atoms with van der Waals surface area (Å²) in [7, 11) is -5.59. The number of alkyl halides is 3. The lowest BCUT2D eigenvalue weighted by Crippen LogP contribution is -2.37. The molecule has 0 aromatic heterocycles. The number of allylic oxidation sites excluding steroid dienone is 1. The fraction of sp³-hybridized carbons (Fsp3) is 0.727. The second kappa shape index (κ2) is 5.27. The molecule has 2 rings (SSSR count). The molecule has 0 N–H and O–H groups in total. The van der Waals surface area contributed by atoms with Crippen molar-refractivity contribution in [2.24, 2.45) is 0 Å². The molecule has 1 fully saturated rings. The monoisotopic (exact) mass is 313 g/mol. The summed E-state index contributed by atoms with van der Waals surface area (Å²) in [4.78, 5) is 13.2. The Kier molecular flexibility index (Phi) is 3.99. The first-order chi connectivity index (χ1) is 9.21. The fourth-order valence-electron chi connectivity index (χ4n) is 2.40. The molecule has 5 nitrogen and oxygen atoms in total. The lowest BCUT2D eigenvalue weighted by atomic mass is 9.99. The minimum absolute atomic E-state index is 0.0377. The van der Waals surface area contributed by atoms with Crippen LogP contribution in [-0.4, -0.2) is 37.3 Å². The highest BCUT2D eigenvalue weighted by molar-refractivity contribution is 7.87. The zero-order valence-electron chi connectivity index (χ0n) is 10.5. The van der Waals surface area contributed by atoms with Crippen LogP contribution in [0.2, 0.25) is 0 Å². The van der Waals surface area contributed by atoms with E-state index >= 15 is 0 Å². The molecule has 1 amide bonds. The maximum Gasteiger partial charge on any atom is 0.534 e. The van der Waals surface area contributed by atoms with Crippen LogP contribution in [-0.2, 0) is 19.1 Å². The predicted octanol–water partition coefficient (Wildman–Crippen LogP) is 1.91. The molecule has 114 valence electrons. The molecule has 1 heterocycles. The SMILES string of the molecule is O=C1CCCN1C1CC=C(OS(=O)(=O)C(F)(F)F)CC1. The van der Waals surface area contributed by atoms with Crippen LogP contribution in [0.15, 0.2) is 11.8 Å². The summed E-state index contributed by atoms with van der Waals surface area (Å²) >= 11 is 0. The Morgan fingerprint density at radius 3 is 2.45 bits per heavy atom. The molecule has 0 radical (unpaired) electrons. The van der Waals surface area contributed by atoms with Crippen LogP contribution in [0.3, 0.4) is 0 Å². The molecule has 1 aliphatic carbocycles. The molecule has 20 heavy (non-hydrogen) atoms. The van der Waals surface area contributed by atoms with Crippen molar-refractivity contribution in [1.29, 1.82) is 0 Å². The Morgan fingerprint density at radius 1 is 1.30 bits per heavy atom. The number of rotatable bonds is 3. The molecule has 1 aliphatic heterocycles. The largest absolute Gasteiger partial charge is 0.534 e. The number of hydrogen-bond acceptors (Lipinski definition) is 4. The number of hydrogen-bond donors (Lipinski definition) is 0. The molecule has 0 saturated carbocycles. The number of nitrogens with zero attached hydrogens (tertiary/aromatic N) is 1. The van der Waals surface area contributed by atoms with Crippen molar-refractivity contribution in [3.05, 3.63) is 11.8 Å². The lowest BCUT2D eigenvalue weighted by molar-refractivity contribution is -0.129. The van der Waals surface area contributed by atoms with Crippen molar-refractivity contribution in [3.63, 3.8) is 0 Å². The summed E-state index contributed by atoms with van der Waals surface area (Å²) in [6.07, 6.45) is 3.39. The van der Waals surface area contributed by atoms with Crippen LogP contribution in [0.5, 0.6) is 0 Å². The van der Waals surface area contributed by atoms with Gasteiger partial charge in [0.05, 0.1) is 0 Å². The molecule has 9 heteroatoms. The zero-order chi connectivity index (χ0) is 15.0. The third-order valence-electron chi connectivity index (χ3n) is 3.39. The summed E-state index contributed by atoms with van der Waals surface area (Å²) in [6, 6.07) is -0.0778. The van der Waals surface area contributed by atoms with Gasteiger partial charge in [-0.3, -0.25) is 4.79 Å². The van der Waals surface area contributed by atoms with E-state index < -0.39 is 15.6 Å². The van der Waals surface area contributed by atoms with E-state index in [1.165, 1.54) is 6.08 Å². The minimum atomic E-state index is -5.59. The zero-order valence-corrected chi connectivity index (χ0v) is 11.3. The van der Waals surface area contributed by atoms with Crippen molar-refractivity contribution in [2.45, 2.75) is 43.7 Å². The third-order valence-corrected chi connectivity index (χ3v) is 4.39. The Hall–Kier alpha value is -1.25. The van der Waals surface area contributed by atoms with Crippen molar-refractivity contribution in [3.8, 4) is 0 Å². The first-order valence-corrected chi connectivity index (χ1v) is 7.61. The average Bonchev–Trinajstić information content (AvgIpc) is 2.74. The summed E-state index contributed by atoms with van der Waals surface area (Å²) in [5.41, 5.74) is -5.42. The van der Waals surface area contributed by atoms with Crippen LogP contribution >= 0.6 is 0 Å². The highest BCUT2D eigenvalue weighted by atomic mass is 32.2. The van der Waals surface area contributed by atoms with E-state index in [4.69, 9.17) is 0 Å². The van der Waals surface area contributed by atoms with Gasteiger partial charge >= 0.3 is 15.6 Å². The highest BCUT2D eigenvalue weighted by Crippen LogP contribution is 2.31. The molecule has 0 aromatic carbocycles. The van der Waals surface area contributed by atoms with Gasteiger partial charge < -0.3 is 9.08 Å². The van der Waals surface area contributed by atoms with Gasteiger partial charge in [-0.1, -0.05) is 0 Å². The quantitative estimate of drug-likeness (QED) is 0.590. The van der Waals surface area contributed by atoms with Crippen molar-refractivity contribution in [1.82, 2.24) is 4.90 Å². The van der Waals surface area contributed by atoms with E-state index in [0.29, 0.717) is 25.8 Å². The van der Waals surface area contributed by atoms with Crippen LogP contribution in [0, 0.1) is 0 Å². The Morgan fingerprint density at radius 2 is 2.00 bits per heavy atom. The summed E-state index contributed by atoms with van der Waals surface area (Å²) in [5, 5.41) is 0. The number of halogens is 3. The van der Waals surface area contributed by atoms with Crippen LogP contribution in [0.25, 0.3) is 0 Å². The summed E-state index contributed by atoms with van der Waals surface area (Å²) in [5.74, 6) is -0.166. The summed E-state index contributed by atoms with van der Waals surface area (Å²) < 4.78 is 62.3. The molecule has 1 atom stereocenters. The van der Waals surface area contributed by atoms with Crippen LogP contribution in [0.4, 0.5) is 13.2 Å². The van der Waals surface area contributed by atoms with Crippen LogP contribution < -0.4 is 0 Å². The minimum Gasteiger partial charge on any atom is -0.381 e. The second-order valence-corrected chi connectivity index (χ2v) is 6.31. The van der Waals surface area contributed by atoms with Gasteiger partial charge in [-0.25, -0.2) is 0 Å². The van der Waals surface area contributed by atoms with E-state index in [-0.39, 0.29) is 24.1 Å². The van der Waals surface area contributed by atoms with E-state index in [9.17, 15) is 26.4 Å². The third kappa shape index (κ3) is 3.08. The molecule has 2 aliphatic rings. The van der Waals surface area contributed by atoms with Crippen LogP contribution in [0.1, 0.15) is 32.1 Å². The van der Waals surface area contributed by atoms with Gasteiger partial charge in [-0.15, -0.1) is 0 Å². The first kappa shape index (κ1) is 15.1. The molecule has 0 aromatic rings. The van der Waals surface area contributed by atoms with Gasteiger partial charge in [0, 0.05) is 25.4 Å². The maximum atomic E-state index is 12.2. The molecular formula is C11H14F3NO4S. The average molecular weight is 313 g/mol. The normalized spacial score (nSPS) is 24.8. The molecule has 0 bridgehead atoms. The maximum absolute atomic E-state index is 12.2. The van der Waals surface area contributed by atoms with E-state index in [0.717, 1.165) is 6.42 Å². The summed E-state index contributed by atoms with van der Waals surface area (Å²) in [6.45, 7) is 0.647. The number of amides is 1. The van der Waals surface area contributed by atoms with Gasteiger partial charge in [-0.2, -0.15) is 21.6 Å². The fourth-order valence-corrected chi connectivity index (χ4v) is 2.93. The highest BCUT2D eigenvalue weighted by Gasteiger charge is 2.49. The van der Waals surface area contributed by atoms with Gasteiger partial charge in [0.1, 0.15) is 5.76 Å². The standard InChI is InChI=1S/C11H14F3NO4S/c12-11(13,14)20(17,18)19-9-5-3-8(4-6-9)15-7-1-2-10(15)16/h5,8H,1-4,6-7H2. The van der Waals surface area contributed by atoms with Crippen molar-refractivity contribution < 1.29 is 30.6 Å². The Balaban J connectivity index is 1.98. The Labute approximate surface area is 114 Å². The van der Waals surface area contributed by atoms with Crippen molar-refractivity contribution in [2.75, 3.05) is 6.54 Å². The molecule has 1 unspecified atom stereocenters. The predicted molar refractivity (Wildman–Crippen MR) is 62.7 cm³/mol. The smallest absolute Gasteiger partial charge is 0.381 e. The van der Waals surface area contributed by atoms with E-state index in [2.05, 4.69) is 4.18 Å². The number of likely N-dealkylation sites (tertiary alicyclic amines) is 1. The molecule has 0 spiro atoms. The molecule has 1 saturated heterocycles. The first-order valence-electron chi connectivity index (χ1n) is 6.20. The van der Waals surface area contributed by atoms with Gasteiger partial charge in [0.2, 0.25) is 5.91 Å². The van der Waals surface area contributed by atoms with Gasteiger partial charge in [0.25, 0.3) is 0 Å².